The molecule has 1 aromatic rings. The Labute approximate surface area is 141 Å². The summed E-state index contributed by atoms with van der Waals surface area (Å²) in [6.45, 7) is 7.55. The molecule has 0 radical (unpaired) electrons. The summed E-state index contributed by atoms with van der Waals surface area (Å²) in [5.41, 5.74) is 0.363. The second-order valence-electron chi connectivity index (χ2n) is 5.55. The standard InChI is InChI=1S/C17H24FN3O3/c1-2-24-17(19-8-3-9-21-10-12-23-13-11-21)20-16(22)14-4-6-15(18)7-5-14/h4-7H,2-3,8-13H2,1H3,(H,19,20,22)/p+1. The molecule has 1 heterocycles. The highest BCUT2D eigenvalue weighted by molar-refractivity contribution is 6.04. The second-order valence-corrected chi connectivity index (χ2v) is 5.55. The molecule has 24 heavy (non-hydrogen) atoms. The number of amides is 1. The molecule has 132 valence electrons. The molecule has 2 rings (SSSR count). The molecule has 0 atom stereocenters. The second kappa shape index (κ2) is 10.00. The lowest BCUT2D eigenvalue weighted by atomic mass is 10.2. The zero-order chi connectivity index (χ0) is 17.2. The topological polar surface area (TPSA) is 64.4 Å². The van der Waals surface area contributed by atoms with Crippen molar-refractivity contribution in [2.24, 2.45) is 4.99 Å². The number of amidine groups is 1. The number of aliphatic imine (C=N–C) groups is 1. The largest absolute Gasteiger partial charge is 0.465 e. The van der Waals surface area contributed by atoms with Gasteiger partial charge in [0.15, 0.2) is 0 Å². The summed E-state index contributed by atoms with van der Waals surface area (Å²) in [5, 5.41) is 2.63. The molecule has 0 unspecified atom stereocenters. The first-order valence-electron chi connectivity index (χ1n) is 8.34. The van der Waals surface area contributed by atoms with Crippen LogP contribution in [0.2, 0.25) is 0 Å². The molecule has 0 aromatic heterocycles. The summed E-state index contributed by atoms with van der Waals surface area (Å²) in [6.07, 6.45) is 0.915. The van der Waals surface area contributed by atoms with Crippen LogP contribution in [0.1, 0.15) is 23.7 Å². The molecule has 1 aromatic carbocycles. The van der Waals surface area contributed by atoms with Crippen molar-refractivity contribution >= 4 is 11.9 Å². The van der Waals surface area contributed by atoms with Crippen molar-refractivity contribution in [3.8, 4) is 0 Å². The van der Waals surface area contributed by atoms with Crippen LogP contribution < -0.4 is 10.2 Å². The van der Waals surface area contributed by atoms with Gasteiger partial charge in [-0.25, -0.2) is 9.38 Å². The molecule has 6 nitrogen and oxygen atoms in total. The molecule has 0 aliphatic carbocycles. The van der Waals surface area contributed by atoms with Gasteiger partial charge in [-0.1, -0.05) is 0 Å². The first-order valence-corrected chi connectivity index (χ1v) is 8.34. The smallest absolute Gasteiger partial charge is 0.291 e. The average molecular weight is 338 g/mol. The molecule has 1 amide bonds. The normalized spacial score (nSPS) is 16.0. The Morgan fingerprint density at radius 3 is 2.71 bits per heavy atom. The molecule has 0 spiro atoms. The van der Waals surface area contributed by atoms with Gasteiger partial charge in [-0.05, 0) is 31.2 Å². The minimum absolute atomic E-state index is 0.212. The van der Waals surface area contributed by atoms with E-state index in [1.807, 2.05) is 6.92 Å². The molecular weight excluding hydrogens is 313 g/mol. The van der Waals surface area contributed by atoms with E-state index in [1.165, 1.54) is 29.2 Å². The number of halogens is 1. The molecule has 1 aliphatic heterocycles. The van der Waals surface area contributed by atoms with Crippen LogP contribution in [-0.4, -0.2) is 57.9 Å². The molecule has 7 heteroatoms. The maximum atomic E-state index is 12.9. The number of carbonyl (C=O) groups excluding carboxylic acids is 1. The van der Waals surface area contributed by atoms with Crippen molar-refractivity contribution in [1.82, 2.24) is 5.32 Å². The summed E-state index contributed by atoms with van der Waals surface area (Å²) in [5.74, 6) is -0.739. The maximum absolute atomic E-state index is 12.9. The lowest BCUT2D eigenvalue weighted by Crippen LogP contribution is -3.14. The van der Waals surface area contributed by atoms with E-state index < -0.39 is 0 Å². The van der Waals surface area contributed by atoms with Crippen molar-refractivity contribution in [2.75, 3.05) is 46.0 Å². The SMILES string of the molecule is CCOC(=NCCC[NH+]1CCOCC1)NC(=O)c1ccc(F)cc1. The molecule has 0 bridgehead atoms. The van der Waals surface area contributed by atoms with Crippen molar-refractivity contribution < 1.29 is 23.6 Å². The number of carbonyl (C=O) groups is 1. The number of ether oxygens (including phenoxy) is 2. The lowest BCUT2D eigenvalue weighted by Gasteiger charge is -2.23. The van der Waals surface area contributed by atoms with E-state index in [0.717, 1.165) is 39.3 Å². The van der Waals surface area contributed by atoms with Gasteiger partial charge in [0.2, 0.25) is 0 Å². The number of hydrogen-bond acceptors (Lipinski definition) is 4. The van der Waals surface area contributed by atoms with Crippen molar-refractivity contribution in [2.45, 2.75) is 13.3 Å². The Bertz CT molecular complexity index is 543. The Morgan fingerprint density at radius 1 is 1.33 bits per heavy atom. The zero-order valence-electron chi connectivity index (χ0n) is 14.0. The van der Waals surface area contributed by atoms with Gasteiger partial charge in [-0.15, -0.1) is 0 Å². The Kier molecular flexibility index (Phi) is 7.64. The predicted octanol–water partition coefficient (Wildman–Crippen LogP) is 0.253. The maximum Gasteiger partial charge on any atom is 0.291 e. The van der Waals surface area contributed by atoms with E-state index >= 15 is 0 Å². The third-order valence-corrected chi connectivity index (χ3v) is 3.75. The average Bonchev–Trinajstić information content (AvgIpc) is 2.60. The Balaban J connectivity index is 1.81. The number of rotatable bonds is 6. The minimum atomic E-state index is -0.379. The first kappa shape index (κ1) is 18.4. The molecular formula is C17H25FN3O3+. The molecule has 1 aliphatic rings. The number of nitrogens with zero attached hydrogens (tertiary/aromatic N) is 1. The fourth-order valence-corrected chi connectivity index (χ4v) is 2.45. The van der Waals surface area contributed by atoms with Gasteiger partial charge in [0.25, 0.3) is 11.9 Å². The van der Waals surface area contributed by atoms with E-state index in [0.29, 0.717) is 18.7 Å². The van der Waals surface area contributed by atoms with E-state index in [4.69, 9.17) is 9.47 Å². The summed E-state index contributed by atoms with van der Waals surface area (Å²) in [4.78, 5) is 18.0. The quantitative estimate of drug-likeness (QED) is 0.444. The zero-order valence-corrected chi connectivity index (χ0v) is 14.0. The monoisotopic (exact) mass is 338 g/mol. The van der Waals surface area contributed by atoms with Crippen LogP contribution in [0.25, 0.3) is 0 Å². The number of nitrogens with one attached hydrogen (secondary N) is 2. The highest BCUT2D eigenvalue weighted by Gasteiger charge is 2.13. The van der Waals surface area contributed by atoms with Crippen molar-refractivity contribution in [3.63, 3.8) is 0 Å². The summed E-state index contributed by atoms with van der Waals surface area (Å²) in [6, 6.07) is 5.56. The Hall–Kier alpha value is -1.99. The van der Waals surface area contributed by atoms with Crippen LogP contribution >= 0.6 is 0 Å². The van der Waals surface area contributed by atoms with E-state index in [2.05, 4.69) is 10.3 Å². The van der Waals surface area contributed by atoms with E-state index in [1.54, 1.807) is 0 Å². The fraction of sp³-hybridized carbons (Fsp3) is 0.529. The summed E-state index contributed by atoms with van der Waals surface area (Å²) < 4.78 is 23.6. The summed E-state index contributed by atoms with van der Waals surface area (Å²) in [7, 11) is 0. The van der Waals surface area contributed by atoms with Crippen LogP contribution in [0.5, 0.6) is 0 Å². The third kappa shape index (κ3) is 6.25. The number of hydrogen-bond donors (Lipinski definition) is 2. The third-order valence-electron chi connectivity index (χ3n) is 3.75. The van der Waals surface area contributed by atoms with Gasteiger partial charge in [-0.2, -0.15) is 0 Å². The van der Waals surface area contributed by atoms with Crippen LogP contribution in [0, 0.1) is 5.82 Å². The lowest BCUT2D eigenvalue weighted by molar-refractivity contribution is -0.908. The molecule has 1 saturated heterocycles. The van der Waals surface area contributed by atoms with Crippen LogP contribution in [-0.2, 0) is 9.47 Å². The van der Waals surface area contributed by atoms with Crippen molar-refractivity contribution in [1.29, 1.82) is 0 Å². The van der Waals surface area contributed by atoms with Crippen LogP contribution in [0.4, 0.5) is 4.39 Å². The van der Waals surface area contributed by atoms with Gasteiger partial charge in [0.05, 0.1) is 26.4 Å². The highest BCUT2D eigenvalue weighted by atomic mass is 19.1. The fourth-order valence-electron chi connectivity index (χ4n) is 2.45. The number of quaternary nitrogens is 1. The van der Waals surface area contributed by atoms with E-state index in [9.17, 15) is 9.18 Å². The van der Waals surface area contributed by atoms with Crippen LogP contribution in [0.15, 0.2) is 29.3 Å². The van der Waals surface area contributed by atoms with Crippen LogP contribution in [0.3, 0.4) is 0 Å². The minimum Gasteiger partial charge on any atom is -0.465 e. The Morgan fingerprint density at radius 2 is 2.04 bits per heavy atom. The predicted molar refractivity (Wildman–Crippen MR) is 88.8 cm³/mol. The van der Waals surface area contributed by atoms with Gasteiger partial charge in [0.1, 0.15) is 18.9 Å². The molecule has 0 saturated carbocycles. The number of benzene rings is 1. The summed E-state index contributed by atoms with van der Waals surface area (Å²) >= 11 is 0. The molecule has 1 fully saturated rings. The van der Waals surface area contributed by atoms with E-state index in [-0.39, 0.29) is 17.7 Å². The number of morpholine rings is 1. The highest BCUT2D eigenvalue weighted by Crippen LogP contribution is 2.02. The van der Waals surface area contributed by atoms with Gasteiger partial charge in [-0.3, -0.25) is 10.1 Å². The van der Waals surface area contributed by atoms with Gasteiger partial charge in [0, 0.05) is 18.5 Å². The molecule has 2 N–H and O–H groups in total. The van der Waals surface area contributed by atoms with Crippen molar-refractivity contribution in [3.05, 3.63) is 35.6 Å². The first-order chi connectivity index (χ1) is 11.7. The van der Waals surface area contributed by atoms with Gasteiger partial charge < -0.3 is 14.4 Å². The van der Waals surface area contributed by atoms with Gasteiger partial charge >= 0.3 is 0 Å².